The summed E-state index contributed by atoms with van der Waals surface area (Å²) in [5.41, 5.74) is 1.83. The minimum Gasteiger partial charge on any atom is -0.486 e. The lowest BCUT2D eigenvalue weighted by Gasteiger charge is -2.10. The molecule has 0 unspecified atom stereocenters. The Hall–Kier alpha value is -3.15. The zero-order valence-electron chi connectivity index (χ0n) is 16.8. The average molecular weight is 450 g/mol. The summed E-state index contributed by atoms with van der Waals surface area (Å²) in [5, 5.41) is 3.62. The number of rotatable bonds is 7. The van der Waals surface area contributed by atoms with E-state index in [0.717, 1.165) is 21.1 Å². The predicted molar refractivity (Wildman–Crippen MR) is 124 cm³/mol. The van der Waals surface area contributed by atoms with E-state index in [2.05, 4.69) is 5.32 Å². The van der Waals surface area contributed by atoms with Crippen molar-refractivity contribution in [2.24, 2.45) is 0 Å². The maximum atomic E-state index is 12.7. The predicted octanol–water partition coefficient (Wildman–Crippen LogP) is 7.22. The van der Waals surface area contributed by atoms with Gasteiger partial charge in [0.15, 0.2) is 5.76 Å². The molecule has 0 aliphatic heterocycles. The fourth-order valence-electron chi connectivity index (χ4n) is 2.91. The highest BCUT2D eigenvalue weighted by Crippen LogP contribution is 2.34. The second-order valence-corrected chi connectivity index (χ2v) is 8.43. The lowest BCUT2D eigenvalue weighted by Crippen LogP contribution is -2.11. The number of nitrogens with one attached hydrogen (secondary N) is 1. The molecule has 0 saturated heterocycles. The molecule has 0 fully saturated rings. The van der Waals surface area contributed by atoms with Gasteiger partial charge in [0.05, 0.1) is 5.69 Å². The van der Waals surface area contributed by atoms with Crippen LogP contribution < -0.4 is 10.1 Å². The molecular formula is C25H20ClNO3S. The van der Waals surface area contributed by atoms with Gasteiger partial charge in [-0.05, 0) is 73.2 Å². The molecule has 4 rings (SSSR count). The topological polar surface area (TPSA) is 51.5 Å². The fourth-order valence-corrected chi connectivity index (χ4v) is 3.94. The average Bonchev–Trinajstić information content (AvgIpc) is 3.25. The van der Waals surface area contributed by atoms with Gasteiger partial charge in [0.2, 0.25) is 0 Å². The fraction of sp³-hybridized carbons (Fsp3) is 0.0800. The summed E-state index contributed by atoms with van der Waals surface area (Å²) >= 11 is 7.51. The van der Waals surface area contributed by atoms with Crippen LogP contribution >= 0.6 is 23.4 Å². The highest BCUT2D eigenvalue weighted by atomic mass is 35.5. The number of benzene rings is 3. The number of halogens is 1. The molecule has 0 bridgehead atoms. The molecule has 0 aliphatic carbocycles. The monoisotopic (exact) mass is 449 g/mol. The molecule has 1 aromatic heterocycles. The van der Waals surface area contributed by atoms with Gasteiger partial charge in [-0.25, -0.2) is 0 Å². The van der Waals surface area contributed by atoms with Crippen LogP contribution in [0.5, 0.6) is 5.75 Å². The van der Waals surface area contributed by atoms with Crippen LogP contribution in [0.1, 0.15) is 21.9 Å². The lowest BCUT2D eigenvalue weighted by atomic mass is 10.2. The number of hydrogen-bond acceptors (Lipinski definition) is 4. The largest absolute Gasteiger partial charge is 0.486 e. The van der Waals surface area contributed by atoms with E-state index in [4.69, 9.17) is 20.8 Å². The minimum absolute atomic E-state index is 0.231. The Kier molecular flexibility index (Phi) is 6.65. The summed E-state index contributed by atoms with van der Waals surface area (Å²) < 4.78 is 11.4. The summed E-state index contributed by atoms with van der Waals surface area (Å²) in [4.78, 5) is 14.7. The van der Waals surface area contributed by atoms with Crippen molar-refractivity contribution in [3.8, 4) is 5.75 Å². The number of carbonyl (C=O) groups excluding carboxylic acids is 1. The number of carbonyl (C=O) groups is 1. The molecule has 0 radical (unpaired) electrons. The minimum atomic E-state index is -0.314. The van der Waals surface area contributed by atoms with Gasteiger partial charge in [-0.2, -0.15) is 0 Å². The van der Waals surface area contributed by atoms with Crippen molar-refractivity contribution < 1.29 is 13.9 Å². The highest BCUT2D eigenvalue weighted by molar-refractivity contribution is 7.99. The van der Waals surface area contributed by atoms with Gasteiger partial charge in [-0.3, -0.25) is 4.79 Å². The molecule has 0 atom stereocenters. The van der Waals surface area contributed by atoms with Crippen LogP contribution in [0, 0.1) is 6.92 Å². The number of aryl methyl sites for hydroxylation is 1. The van der Waals surface area contributed by atoms with E-state index in [1.807, 2.05) is 79.7 Å². The number of furan rings is 1. The first-order valence-corrected chi connectivity index (χ1v) is 10.9. The van der Waals surface area contributed by atoms with Crippen molar-refractivity contribution in [3.05, 3.63) is 107 Å². The van der Waals surface area contributed by atoms with Crippen LogP contribution in [0.2, 0.25) is 5.02 Å². The molecule has 1 amide bonds. The molecule has 4 aromatic rings. The van der Waals surface area contributed by atoms with Gasteiger partial charge in [-0.1, -0.05) is 47.6 Å². The third-order valence-corrected chi connectivity index (χ3v) is 5.77. The maximum absolute atomic E-state index is 12.7. The first kappa shape index (κ1) is 21.1. The van der Waals surface area contributed by atoms with E-state index in [0.29, 0.717) is 16.5 Å². The van der Waals surface area contributed by atoms with Gasteiger partial charge >= 0.3 is 0 Å². The van der Waals surface area contributed by atoms with Crippen molar-refractivity contribution in [2.45, 2.75) is 23.3 Å². The van der Waals surface area contributed by atoms with Gasteiger partial charge < -0.3 is 14.5 Å². The Balaban J connectivity index is 1.41. The molecule has 0 aliphatic rings. The van der Waals surface area contributed by atoms with Crippen LogP contribution in [0.25, 0.3) is 0 Å². The van der Waals surface area contributed by atoms with Gasteiger partial charge in [-0.15, -0.1) is 0 Å². The Morgan fingerprint density at radius 3 is 2.61 bits per heavy atom. The summed E-state index contributed by atoms with van der Waals surface area (Å²) in [7, 11) is 0. The Morgan fingerprint density at radius 2 is 1.81 bits per heavy atom. The van der Waals surface area contributed by atoms with Crippen LogP contribution in [-0.2, 0) is 6.61 Å². The summed E-state index contributed by atoms with van der Waals surface area (Å²) in [5.74, 6) is 1.26. The van der Waals surface area contributed by atoms with E-state index in [-0.39, 0.29) is 18.3 Å². The number of amides is 1. The van der Waals surface area contributed by atoms with Crippen LogP contribution in [0.3, 0.4) is 0 Å². The molecule has 0 saturated carbocycles. The van der Waals surface area contributed by atoms with Crippen LogP contribution in [0.4, 0.5) is 5.69 Å². The zero-order chi connectivity index (χ0) is 21.6. The molecule has 4 nitrogen and oxygen atoms in total. The third-order valence-electron chi connectivity index (χ3n) is 4.43. The first-order chi connectivity index (χ1) is 15.1. The van der Waals surface area contributed by atoms with Gasteiger partial charge in [0.25, 0.3) is 5.91 Å². The van der Waals surface area contributed by atoms with Crippen LogP contribution in [0.15, 0.2) is 99.1 Å². The molecule has 6 heteroatoms. The Bertz CT molecular complexity index is 1190. The summed E-state index contributed by atoms with van der Waals surface area (Å²) in [6.07, 6.45) is 0. The second-order valence-electron chi connectivity index (χ2n) is 6.88. The van der Waals surface area contributed by atoms with Gasteiger partial charge in [0.1, 0.15) is 18.1 Å². The normalized spacial score (nSPS) is 10.6. The molecule has 31 heavy (non-hydrogen) atoms. The summed E-state index contributed by atoms with van der Waals surface area (Å²) in [6.45, 7) is 2.25. The Labute approximate surface area is 190 Å². The van der Waals surface area contributed by atoms with E-state index in [1.165, 1.54) is 0 Å². The number of ether oxygens (including phenoxy) is 1. The van der Waals surface area contributed by atoms with E-state index in [1.54, 1.807) is 23.9 Å². The first-order valence-electron chi connectivity index (χ1n) is 9.69. The maximum Gasteiger partial charge on any atom is 0.291 e. The van der Waals surface area contributed by atoms with Crippen molar-refractivity contribution in [1.82, 2.24) is 0 Å². The number of para-hydroxylation sites is 1. The Morgan fingerprint density at radius 1 is 1.00 bits per heavy atom. The van der Waals surface area contributed by atoms with E-state index < -0.39 is 0 Å². The standard InChI is InChI=1S/C25H20ClNO3S/c1-17-5-4-6-19(15-17)29-16-20-11-14-23(30-20)25(28)27-22-7-2-3-8-24(22)31-21-12-9-18(26)10-13-21/h2-15H,16H2,1H3,(H,27,28). The molecule has 0 spiro atoms. The quantitative estimate of drug-likeness (QED) is 0.323. The molecule has 1 N–H and O–H groups in total. The second kappa shape index (κ2) is 9.77. The van der Waals surface area contributed by atoms with Crippen molar-refractivity contribution in [1.29, 1.82) is 0 Å². The highest BCUT2D eigenvalue weighted by Gasteiger charge is 2.14. The number of hydrogen-bond donors (Lipinski definition) is 1. The van der Waals surface area contributed by atoms with E-state index >= 15 is 0 Å². The SMILES string of the molecule is Cc1cccc(OCc2ccc(C(=O)Nc3ccccc3Sc3ccc(Cl)cc3)o2)c1. The van der Waals surface area contributed by atoms with Crippen molar-refractivity contribution in [3.63, 3.8) is 0 Å². The van der Waals surface area contributed by atoms with Gasteiger partial charge in [0, 0.05) is 14.8 Å². The molecular weight excluding hydrogens is 430 g/mol. The molecule has 1 heterocycles. The molecule has 156 valence electrons. The van der Waals surface area contributed by atoms with Crippen molar-refractivity contribution in [2.75, 3.05) is 5.32 Å². The summed E-state index contributed by atoms with van der Waals surface area (Å²) in [6, 6.07) is 26.4. The third kappa shape index (κ3) is 5.72. The smallest absolute Gasteiger partial charge is 0.291 e. The lowest BCUT2D eigenvalue weighted by molar-refractivity contribution is 0.0992. The number of anilines is 1. The van der Waals surface area contributed by atoms with Crippen molar-refractivity contribution >= 4 is 35.0 Å². The van der Waals surface area contributed by atoms with E-state index in [9.17, 15) is 4.79 Å². The molecule has 3 aromatic carbocycles. The zero-order valence-corrected chi connectivity index (χ0v) is 18.4. The van der Waals surface area contributed by atoms with Crippen LogP contribution in [-0.4, -0.2) is 5.91 Å².